The minimum atomic E-state index is -0.386. The van der Waals surface area contributed by atoms with E-state index in [4.69, 9.17) is 9.52 Å². The number of ether oxygens (including phenoxy) is 1. The maximum atomic E-state index is 11.4. The second-order valence-corrected chi connectivity index (χ2v) is 3.77. The molecule has 0 aliphatic carbocycles. The molecule has 96 valence electrons. The van der Waals surface area contributed by atoms with Crippen molar-refractivity contribution in [3.8, 4) is 0 Å². The largest absolute Gasteiger partial charge is 0.465 e. The van der Waals surface area contributed by atoms with Crippen molar-refractivity contribution in [3.05, 3.63) is 23.2 Å². The van der Waals surface area contributed by atoms with Crippen molar-refractivity contribution in [1.29, 1.82) is 0 Å². The van der Waals surface area contributed by atoms with E-state index in [1.165, 1.54) is 7.11 Å². The van der Waals surface area contributed by atoms with Gasteiger partial charge in [0.2, 0.25) is 0 Å². The molecule has 0 amide bonds. The Morgan fingerprint density at radius 1 is 1.59 bits per heavy atom. The number of hydrogen-bond acceptors (Lipinski definition) is 5. The Kier molecular flexibility index (Phi) is 5.18. The van der Waals surface area contributed by atoms with Gasteiger partial charge in [0.05, 0.1) is 20.3 Å². The molecule has 0 aliphatic heterocycles. The average molecular weight is 241 g/mol. The highest BCUT2D eigenvalue weighted by atomic mass is 16.5. The van der Waals surface area contributed by atoms with Gasteiger partial charge in [-0.1, -0.05) is 6.92 Å². The summed E-state index contributed by atoms with van der Waals surface area (Å²) in [4.78, 5) is 13.4. The Balaban J connectivity index is 2.75. The van der Waals surface area contributed by atoms with E-state index in [0.717, 1.165) is 6.54 Å². The molecule has 0 saturated carbocycles. The lowest BCUT2D eigenvalue weighted by Crippen LogP contribution is -2.25. The Labute approximate surface area is 101 Å². The molecule has 0 aromatic carbocycles. The molecule has 1 heterocycles. The molecule has 0 aliphatic rings. The van der Waals surface area contributed by atoms with Gasteiger partial charge in [0.1, 0.15) is 17.1 Å². The monoisotopic (exact) mass is 241 g/mol. The van der Waals surface area contributed by atoms with Crippen molar-refractivity contribution < 1.29 is 19.1 Å². The van der Waals surface area contributed by atoms with E-state index in [-0.39, 0.29) is 12.6 Å². The molecule has 0 bridgehead atoms. The number of furan rings is 1. The lowest BCUT2D eigenvalue weighted by molar-refractivity contribution is 0.0599. The zero-order valence-corrected chi connectivity index (χ0v) is 10.5. The fraction of sp³-hybridized carbons (Fsp3) is 0.583. The van der Waals surface area contributed by atoms with Gasteiger partial charge < -0.3 is 14.3 Å². The minimum absolute atomic E-state index is 0.109. The van der Waals surface area contributed by atoms with Gasteiger partial charge in [-0.3, -0.25) is 4.90 Å². The second-order valence-electron chi connectivity index (χ2n) is 3.77. The molecule has 1 rings (SSSR count). The SMILES string of the molecule is CCN(CCO)Cc1cc(C(=O)OC)c(C)o1. The van der Waals surface area contributed by atoms with Gasteiger partial charge in [0.25, 0.3) is 0 Å². The summed E-state index contributed by atoms with van der Waals surface area (Å²) in [5.41, 5.74) is 0.461. The van der Waals surface area contributed by atoms with Crippen LogP contribution in [-0.4, -0.2) is 42.8 Å². The van der Waals surface area contributed by atoms with Crippen molar-refractivity contribution in [1.82, 2.24) is 4.90 Å². The van der Waals surface area contributed by atoms with E-state index in [2.05, 4.69) is 4.74 Å². The summed E-state index contributed by atoms with van der Waals surface area (Å²) in [6.45, 7) is 5.83. The van der Waals surface area contributed by atoms with Crippen LogP contribution in [-0.2, 0) is 11.3 Å². The van der Waals surface area contributed by atoms with Crippen LogP contribution in [0.4, 0.5) is 0 Å². The number of esters is 1. The van der Waals surface area contributed by atoms with Crippen LogP contribution < -0.4 is 0 Å². The predicted octanol–water partition coefficient (Wildman–Crippen LogP) is 1.19. The molecule has 5 heteroatoms. The maximum absolute atomic E-state index is 11.4. The van der Waals surface area contributed by atoms with Crippen LogP contribution in [0, 0.1) is 6.92 Å². The average Bonchev–Trinajstić information content (AvgIpc) is 2.68. The quantitative estimate of drug-likeness (QED) is 0.758. The highest BCUT2D eigenvalue weighted by molar-refractivity contribution is 5.90. The number of hydrogen-bond donors (Lipinski definition) is 1. The molecule has 0 saturated heterocycles. The van der Waals surface area contributed by atoms with Crippen molar-refractivity contribution in [2.75, 3.05) is 26.8 Å². The smallest absolute Gasteiger partial charge is 0.341 e. The maximum Gasteiger partial charge on any atom is 0.341 e. The van der Waals surface area contributed by atoms with Crippen LogP contribution in [0.25, 0.3) is 0 Å². The molecule has 0 atom stereocenters. The fourth-order valence-corrected chi connectivity index (χ4v) is 1.65. The molecule has 0 radical (unpaired) electrons. The van der Waals surface area contributed by atoms with Crippen LogP contribution in [0.2, 0.25) is 0 Å². The summed E-state index contributed by atoms with van der Waals surface area (Å²) in [6, 6.07) is 1.70. The lowest BCUT2D eigenvalue weighted by Gasteiger charge is -2.16. The van der Waals surface area contributed by atoms with Crippen LogP contribution in [0.5, 0.6) is 0 Å². The number of rotatable bonds is 6. The summed E-state index contributed by atoms with van der Waals surface area (Å²) >= 11 is 0. The Morgan fingerprint density at radius 3 is 2.82 bits per heavy atom. The molecule has 1 N–H and O–H groups in total. The molecule has 5 nitrogen and oxygen atoms in total. The third-order valence-electron chi connectivity index (χ3n) is 2.62. The van der Waals surface area contributed by atoms with Gasteiger partial charge in [-0.2, -0.15) is 0 Å². The first-order chi connectivity index (χ1) is 8.12. The topological polar surface area (TPSA) is 62.9 Å². The standard InChI is InChI=1S/C12H19NO4/c1-4-13(5-6-14)8-10-7-11(9(2)17-10)12(15)16-3/h7,14H,4-6,8H2,1-3H3. The van der Waals surface area contributed by atoms with E-state index < -0.39 is 0 Å². The van der Waals surface area contributed by atoms with E-state index in [9.17, 15) is 4.79 Å². The van der Waals surface area contributed by atoms with Crippen LogP contribution in [0.3, 0.4) is 0 Å². The van der Waals surface area contributed by atoms with Crippen LogP contribution >= 0.6 is 0 Å². The number of carbonyl (C=O) groups is 1. The first kappa shape index (κ1) is 13.7. The van der Waals surface area contributed by atoms with E-state index >= 15 is 0 Å². The minimum Gasteiger partial charge on any atom is -0.465 e. The number of aliphatic hydroxyl groups excluding tert-OH is 1. The summed E-state index contributed by atoms with van der Waals surface area (Å²) in [7, 11) is 1.35. The number of likely N-dealkylation sites (N-methyl/N-ethyl adjacent to an activating group) is 1. The highest BCUT2D eigenvalue weighted by Gasteiger charge is 2.16. The third kappa shape index (κ3) is 3.57. The molecular weight excluding hydrogens is 222 g/mol. The molecule has 17 heavy (non-hydrogen) atoms. The van der Waals surface area contributed by atoms with Gasteiger partial charge in [-0.25, -0.2) is 4.79 Å². The van der Waals surface area contributed by atoms with E-state index in [1.54, 1.807) is 13.0 Å². The number of methoxy groups -OCH3 is 1. The first-order valence-electron chi connectivity index (χ1n) is 5.63. The van der Waals surface area contributed by atoms with Crippen molar-refractivity contribution in [2.45, 2.75) is 20.4 Å². The number of aliphatic hydroxyl groups is 1. The zero-order valence-electron chi connectivity index (χ0n) is 10.5. The van der Waals surface area contributed by atoms with Crippen molar-refractivity contribution >= 4 is 5.97 Å². The van der Waals surface area contributed by atoms with Crippen molar-refractivity contribution in [2.24, 2.45) is 0 Å². The number of carbonyl (C=O) groups excluding carboxylic acids is 1. The number of aryl methyl sites for hydroxylation is 1. The Morgan fingerprint density at radius 2 is 2.29 bits per heavy atom. The number of nitrogens with zero attached hydrogens (tertiary/aromatic N) is 1. The molecule has 1 aromatic rings. The summed E-state index contributed by atoms with van der Waals surface area (Å²) in [5.74, 6) is 0.882. The van der Waals surface area contributed by atoms with Crippen LogP contribution in [0.1, 0.15) is 28.8 Å². The third-order valence-corrected chi connectivity index (χ3v) is 2.62. The van der Waals surface area contributed by atoms with Gasteiger partial charge in [0.15, 0.2) is 0 Å². The predicted molar refractivity (Wildman–Crippen MR) is 62.8 cm³/mol. The Bertz CT molecular complexity index is 373. The molecule has 0 fully saturated rings. The summed E-state index contributed by atoms with van der Waals surface area (Å²) in [5, 5.41) is 8.89. The van der Waals surface area contributed by atoms with Crippen LogP contribution in [0.15, 0.2) is 10.5 Å². The zero-order chi connectivity index (χ0) is 12.8. The van der Waals surface area contributed by atoms with Gasteiger partial charge in [-0.15, -0.1) is 0 Å². The molecular formula is C12H19NO4. The fourth-order valence-electron chi connectivity index (χ4n) is 1.65. The molecule has 0 spiro atoms. The lowest BCUT2D eigenvalue weighted by atomic mass is 10.2. The summed E-state index contributed by atoms with van der Waals surface area (Å²) in [6.07, 6.45) is 0. The van der Waals surface area contributed by atoms with Crippen molar-refractivity contribution in [3.63, 3.8) is 0 Å². The normalized spacial score (nSPS) is 10.9. The second kappa shape index (κ2) is 6.42. The molecule has 0 unspecified atom stereocenters. The summed E-state index contributed by atoms with van der Waals surface area (Å²) < 4.78 is 10.1. The van der Waals surface area contributed by atoms with E-state index in [0.29, 0.717) is 30.2 Å². The van der Waals surface area contributed by atoms with Gasteiger partial charge in [0, 0.05) is 6.54 Å². The van der Waals surface area contributed by atoms with E-state index in [1.807, 2.05) is 11.8 Å². The first-order valence-corrected chi connectivity index (χ1v) is 5.63. The highest BCUT2D eigenvalue weighted by Crippen LogP contribution is 2.17. The van der Waals surface area contributed by atoms with Gasteiger partial charge >= 0.3 is 5.97 Å². The Hall–Kier alpha value is -1.33. The van der Waals surface area contributed by atoms with Gasteiger partial charge in [-0.05, 0) is 19.5 Å². The molecule has 1 aromatic heterocycles.